The second-order valence-electron chi connectivity index (χ2n) is 3.95. The van der Waals surface area contributed by atoms with Crippen LogP contribution in [-0.4, -0.2) is 35.6 Å². The molecule has 0 fully saturated rings. The van der Waals surface area contributed by atoms with E-state index in [0.29, 0.717) is 0 Å². The maximum atomic E-state index is 10.6. The third-order valence-electron chi connectivity index (χ3n) is 2.38. The van der Waals surface area contributed by atoms with Gasteiger partial charge in [-0.25, -0.2) is 9.59 Å². The summed E-state index contributed by atoms with van der Waals surface area (Å²) < 4.78 is 4.41. The smallest absolute Gasteiger partial charge is 0.330 e. The number of aliphatic imine (C=N–C) groups is 2. The van der Waals surface area contributed by atoms with E-state index in [1.165, 1.54) is 19.3 Å². The van der Waals surface area contributed by atoms with E-state index in [-0.39, 0.29) is 18.4 Å². The molecule has 0 spiro atoms. The Hall–Kier alpha value is -2.47. The van der Waals surface area contributed by atoms with Gasteiger partial charge >= 0.3 is 11.9 Å². The maximum Gasteiger partial charge on any atom is 0.330 e. The van der Waals surface area contributed by atoms with Gasteiger partial charge in [0.25, 0.3) is 0 Å². The van der Waals surface area contributed by atoms with Crippen molar-refractivity contribution in [3.05, 3.63) is 48.9 Å². The molecule has 0 radical (unpaired) electrons. The number of carboxylic acids is 1. The fourth-order valence-corrected chi connectivity index (χ4v) is 1.37. The van der Waals surface area contributed by atoms with Gasteiger partial charge in [0.1, 0.15) is 0 Å². The lowest BCUT2D eigenvalue weighted by atomic mass is 10.3. The number of halogens is 1. The minimum absolute atomic E-state index is 0. The zero-order chi connectivity index (χ0) is 15.5. The number of aliphatic carboxylic acids is 1. The minimum Gasteiger partial charge on any atom is -0.478 e. The summed E-state index contributed by atoms with van der Waals surface area (Å²) in [6.45, 7) is 0. The molecule has 6 nitrogen and oxygen atoms in total. The van der Waals surface area contributed by atoms with Crippen LogP contribution in [0, 0.1) is 0 Å². The molecule has 0 atom stereocenters. The Balaban J connectivity index is 0.000000385. The molecule has 0 saturated carbocycles. The van der Waals surface area contributed by atoms with Crippen LogP contribution in [0.5, 0.6) is 0 Å². The predicted molar refractivity (Wildman–Crippen MR) is 87.6 cm³/mol. The molecule has 0 aliphatic carbocycles. The number of esters is 1. The van der Waals surface area contributed by atoms with Crippen LogP contribution in [0.4, 0.5) is 0 Å². The molecule has 0 unspecified atom stereocenters. The van der Waals surface area contributed by atoms with Crippen molar-refractivity contribution in [3.8, 4) is 0 Å². The van der Waals surface area contributed by atoms with Crippen molar-refractivity contribution in [2.75, 3.05) is 7.11 Å². The Kier molecular flexibility index (Phi) is 9.96. The van der Waals surface area contributed by atoms with Gasteiger partial charge in [-0.2, -0.15) is 0 Å². The highest BCUT2D eigenvalue weighted by Gasteiger charge is 1.97. The molecule has 0 saturated heterocycles. The molecule has 0 aromatic rings. The van der Waals surface area contributed by atoms with Gasteiger partial charge in [-0.05, 0) is 12.2 Å². The number of carboxylic acid groups (broad SMARTS) is 1. The summed E-state index contributed by atoms with van der Waals surface area (Å²) in [5, 5.41) is 8.21. The Morgan fingerprint density at radius 1 is 1.09 bits per heavy atom. The lowest BCUT2D eigenvalue weighted by Gasteiger charge is -1.89. The molecule has 22 heavy (non-hydrogen) atoms. The average molecular weight is 325 g/mol. The van der Waals surface area contributed by atoms with Crippen molar-refractivity contribution < 1.29 is 19.4 Å². The Bertz CT molecular complexity index is 572. The molecular formula is C15H17ClN2O4. The van der Waals surface area contributed by atoms with Gasteiger partial charge in [0.15, 0.2) is 0 Å². The molecule has 2 heterocycles. The second kappa shape index (κ2) is 11.2. The molecular weight excluding hydrogens is 308 g/mol. The van der Waals surface area contributed by atoms with E-state index in [1.54, 1.807) is 18.5 Å². The average Bonchev–Trinajstić information content (AvgIpc) is 3.16. The Morgan fingerprint density at radius 3 is 1.95 bits per heavy atom. The van der Waals surface area contributed by atoms with Gasteiger partial charge in [0, 0.05) is 48.8 Å². The van der Waals surface area contributed by atoms with Crippen molar-refractivity contribution in [2.24, 2.45) is 9.98 Å². The first-order valence-electron chi connectivity index (χ1n) is 6.22. The summed E-state index contributed by atoms with van der Waals surface area (Å²) in [7, 11) is 1.35. The quantitative estimate of drug-likeness (QED) is 0.635. The van der Waals surface area contributed by atoms with Crippen LogP contribution >= 0.6 is 12.4 Å². The largest absolute Gasteiger partial charge is 0.478 e. The fourth-order valence-electron chi connectivity index (χ4n) is 1.37. The van der Waals surface area contributed by atoms with E-state index < -0.39 is 5.97 Å². The van der Waals surface area contributed by atoms with E-state index in [4.69, 9.17) is 5.11 Å². The molecule has 2 aliphatic rings. The van der Waals surface area contributed by atoms with Crippen LogP contribution in [-0.2, 0) is 14.3 Å². The summed E-state index contributed by atoms with van der Waals surface area (Å²) in [5.41, 5.74) is 1.68. The highest BCUT2D eigenvalue weighted by Crippen LogP contribution is 2.01. The molecule has 0 aromatic heterocycles. The van der Waals surface area contributed by atoms with Gasteiger partial charge in [0.2, 0.25) is 0 Å². The summed E-state index contributed by atoms with van der Waals surface area (Å²) in [6.07, 6.45) is 14.3. The Morgan fingerprint density at radius 2 is 1.59 bits per heavy atom. The summed E-state index contributed by atoms with van der Waals surface area (Å²) in [5.74, 6) is -1.28. The van der Waals surface area contributed by atoms with E-state index in [1.807, 2.05) is 12.2 Å². The van der Waals surface area contributed by atoms with E-state index >= 15 is 0 Å². The van der Waals surface area contributed by atoms with E-state index in [9.17, 15) is 9.59 Å². The Labute approximate surface area is 134 Å². The highest BCUT2D eigenvalue weighted by atomic mass is 35.5. The summed E-state index contributed by atoms with van der Waals surface area (Å²) >= 11 is 0. The molecule has 118 valence electrons. The molecule has 0 amide bonds. The van der Waals surface area contributed by atoms with E-state index in [0.717, 1.165) is 30.3 Å². The number of rotatable bonds is 4. The first kappa shape index (κ1) is 19.5. The molecule has 0 aromatic carbocycles. The second-order valence-corrected chi connectivity index (χ2v) is 3.95. The number of hydrogen-bond donors (Lipinski definition) is 1. The number of carbonyl (C=O) groups excluding carboxylic acids is 1. The molecule has 7 heteroatoms. The monoisotopic (exact) mass is 324 g/mol. The number of methoxy groups -OCH3 is 1. The van der Waals surface area contributed by atoms with Crippen LogP contribution in [0.2, 0.25) is 0 Å². The molecule has 2 aliphatic heterocycles. The zero-order valence-electron chi connectivity index (χ0n) is 12.0. The van der Waals surface area contributed by atoms with Gasteiger partial charge in [-0.3, -0.25) is 9.98 Å². The van der Waals surface area contributed by atoms with Crippen molar-refractivity contribution in [1.82, 2.24) is 0 Å². The van der Waals surface area contributed by atoms with Gasteiger partial charge in [-0.1, -0.05) is 12.2 Å². The molecule has 0 bridgehead atoms. The third kappa shape index (κ3) is 8.65. The van der Waals surface area contributed by atoms with Gasteiger partial charge in [-0.15, -0.1) is 12.4 Å². The van der Waals surface area contributed by atoms with Crippen LogP contribution in [0.25, 0.3) is 0 Å². The standard InChI is InChI=1S/C8H9NO2.C7H7NO2.ClH/c1-11-8(10)5-4-7-3-2-6-9-7;9-7(10)4-3-6-2-1-5-8-6;/h2,4-6H,3H2,1H3;1,3-5H,2H2,(H,9,10);1H/b5-4+;4-3+;. The van der Waals surface area contributed by atoms with Crippen LogP contribution in [0.3, 0.4) is 0 Å². The molecule has 2 rings (SSSR count). The number of carbonyl (C=O) groups is 2. The first-order chi connectivity index (χ1) is 10.1. The summed E-state index contributed by atoms with van der Waals surface area (Å²) in [6, 6.07) is 0. The van der Waals surface area contributed by atoms with Crippen molar-refractivity contribution in [2.45, 2.75) is 12.8 Å². The molecule has 1 N–H and O–H groups in total. The third-order valence-corrected chi connectivity index (χ3v) is 2.38. The van der Waals surface area contributed by atoms with E-state index in [2.05, 4.69) is 14.7 Å². The van der Waals surface area contributed by atoms with Crippen molar-refractivity contribution in [1.29, 1.82) is 0 Å². The number of ether oxygens (including phenoxy) is 1. The van der Waals surface area contributed by atoms with Crippen molar-refractivity contribution >= 4 is 35.8 Å². The minimum atomic E-state index is -0.936. The van der Waals surface area contributed by atoms with Crippen LogP contribution in [0.1, 0.15) is 12.8 Å². The lowest BCUT2D eigenvalue weighted by molar-refractivity contribution is -0.135. The van der Waals surface area contributed by atoms with Gasteiger partial charge in [0.05, 0.1) is 7.11 Å². The predicted octanol–water partition coefficient (Wildman–Crippen LogP) is 2.48. The van der Waals surface area contributed by atoms with Crippen LogP contribution in [0.15, 0.2) is 58.8 Å². The topological polar surface area (TPSA) is 88.3 Å². The normalized spacial score (nSPS) is 15.1. The lowest BCUT2D eigenvalue weighted by Crippen LogP contribution is -1.96. The fraction of sp³-hybridized carbons (Fsp3) is 0.200. The SMILES string of the molecule is COC(=O)/C=C/C1=NC=CC1.Cl.O=C(O)/C=C/C1=NC=CC1. The van der Waals surface area contributed by atoms with Crippen molar-refractivity contribution in [3.63, 3.8) is 0 Å². The zero-order valence-corrected chi connectivity index (χ0v) is 12.8. The number of allylic oxidation sites excluding steroid dienone is 4. The maximum absolute atomic E-state index is 10.6. The van der Waals surface area contributed by atoms with Crippen LogP contribution < -0.4 is 0 Å². The first-order valence-corrected chi connectivity index (χ1v) is 6.22. The number of nitrogens with zero attached hydrogens (tertiary/aromatic N) is 2. The summed E-state index contributed by atoms with van der Waals surface area (Å²) in [4.78, 5) is 28.5. The number of hydrogen-bond acceptors (Lipinski definition) is 5. The van der Waals surface area contributed by atoms with Gasteiger partial charge < -0.3 is 9.84 Å². The highest BCUT2D eigenvalue weighted by molar-refractivity contribution is 6.01.